The maximum Gasteiger partial charge on any atom is 0.337 e. The summed E-state index contributed by atoms with van der Waals surface area (Å²) in [6.45, 7) is 6.82. The van der Waals surface area contributed by atoms with Crippen LogP contribution in [-0.4, -0.2) is 185 Å². The molecule has 0 spiro atoms. The lowest BCUT2D eigenvalue weighted by molar-refractivity contribution is -0.148. The van der Waals surface area contributed by atoms with Crippen molar-refractivity contribution in [2.45, 2.75) is 126 Å². The Morgan fingerprint density at radius 2 is 1.07 bits per heavy atom. The van der Waals surface area contributed by atoms with Crippen molar-refractivity contribution in [3.63, 3.8) is 0 Å². The van der Waals surface area contributed by atoms with Crippen molar-refractivity contribution in [3.8, 4) is 23.7 Å². The van der Waals surface area contributed by atoms with Crippen LogP contribution in [0.3, 0.4) is 0 Å². The second-order valence-corrected chi connectivity index (χ2v) is 20.0. The van der Waals surface area contributed by atoms with E-state index < -0.39 is 95.1 Å². The topological polar surface area (TPSA) is 237 Å². The monoisotopic (exact) mass is 1090 g/mol. The Kier molecular flexibility index (Phi) is 21.1. The molecular weight excluding hydrogens is 1020 g/mol. The van der Waals surface area contributed by atoms with Crippen LogP contribution in [0.15, 0.2) is 58.5 Å². The van der Waals surface area contributed by atoms with Crippen molar-refractivity contribution >= 4 is 70.6 Å². The maximum atomic E-state index is 14.5. The largest absolute Gasteiger partial charge is 0.476 e. The molecule has 0 unspecified atom stereocenters. The van der Waals surface area contributed by atoms with Gasteiger partial charge in [-0.2, -0.15) is 0 Å². The van der Waals surface area contributed by atoms with Gasteiger partial charge in [0, 0.05) is 36.0 Å². The van der Waals surface area contributed by atoms with Gasteiger partial charge in [0.25, 0.3) is 0 Å². The quantitative estimate of drug-likeness (QED) is 0.0980. The van der Waals surface area contributed by atoms with Crippen LogP contribution in [0.4, 0.5) is 0 Å². The number of carbonyl (C=O) groups is 6. The van der Waals surface area contributed by atoms with Crippen LogP contribution >= 0.6 is 23.2 Å². The maximum absolute atomic E-state index is 14.5. The first-order valence-electron chi connectivity index (χ1n) is 25.3. The first kappa shape index (κ1) is 59.0. The predicted octanol–water partition coefficient (Wildman–Crippen LogP) is 2.44. The Labute approximate surface area is 454 Å². The van der Waals surface area contributed by atoms with Crippen LogP contribution < -0.4 is 21.3 Å². The van der Waals surface area contributed by atoms with Gasteiger partial charge in [-0.05, 0) is 115 Å². The van der Waals surface area contributed by atoms with E-state index in [0.29, 0.717) is 48.8 Å². The number of halogens is 2. The molecule has 4 N–H and O–H groups in total. The van der Waals surface area contributed by atoms with Gasteiger partial charge in [0.05, 0.1) is 38.5 Å². The summed E-state index contributed by atoms with van der Waals surface area (Å²) in [6, 6.07) is 9.41. The Balaban J connectivity index is 1.10. The van der Waals surface area contributed by atoms with E-state index in [2.05, 4.69) is 44.9 Å². The van der Waals surface area contributed by atoms with E-state index in [1.54, 1.807) is 88.0 Å². The van der Waals surface area contributed by atoms with Crippen molar-refractivity contribution in [1.82, 2.24) is 31.1 Å². The first-order chi connectivity index (χ1) is 36.4. The molecule has 4 aliphatic rings. The van der Waals surface area contributed by atoms with Gasteiger partial charge in [-0.3, -0.25) is 19.2 Å². The fourth-order valence-electron chi connectivity index (χ4n) is 9.37. The van der Waals surface area contributed by atoms with Gasteiger partial charge in [-0.15, -0.1) is 0 Å². The van der Waals surface area contributed by atoms with Crippen molar-refractivity contribution in [1.29, 1.82) is 0 Å². The molecule has 20 nitrogen and oxygen atoms in total. The second kappa shape index (κ2) is 27.2. The van der Waals surface area contributed by atoms with Gasteiger partial charge >= 0.3 is 11.9 Å². The molecule has 6 rings (SSSR count). The second-order valence-electron chi connectivity index (χ2n) is 19.1. The molecule has 0 saturated carbocycles. The third-order valence-electron chi connectivity index (χ3n) is 13.9. The van der Waals surface area contributed by atoms with Crippen LogP contribution in [0.1, 0.15) is 64.5 Å². The molecule has 0 bridgehead atoms. The average Bonchev–Trinajstić information content (AvgIpc) is 4.26. The Morgan fingerprint density at radius 1 is 0.671 bits per heavy atom. The summed E-state index contributed by atoms with van der Waals surface area (Å²) in [5.74, 6) is 8.62. The molecule has 76 heavy (non-hydrogen) atoms. The van der Waals surface area contributed by atoms with Crippen LogP contribution in [-0.2, 0) is 70.0 Å². The van der Waals surface area contributed by atoms with E-state index in [4.69, 9.17) is 61.6 Å². The molecule has 4 heterocycles. The van der Waals surface area contributed by atoms with E-state index in [1.807, 2.05) is 12.1 Å². The number of hydrogen-bond acceptors (Lipinski definition) is 16. The number of ether oxygens (including phenoxy) is 6. The van der Waals surface area contributed by atoms with Gasteiger partial charge in [0.15, 0.2) is 11.1 Å². The molecule has 10 atom stereocenters. The van der Waals surface area contributed by atoms with E-state index in [0.717, 1.165) is 11.1 Å². The number of aliphatic imine (C=N–C) groups is 2. The molecule has 2 fully saturated rings. The average molecular weight is 1090 g/mol. The number of hydrogen-bond donors (Lipinski definition) is 4. The van der Waals surface area contributed by atoms with E-state index in [1.165, 1.54) is 14.2 Å². The minimum Gasteiger partial charge on any atom is -0.476 e. The molecule has 2 saturated heterocycles. The third-order valence-corrected chi connectivity index (χ3v) is 14.4. The number of amides is 4. The summed E-state index contributed by atoms with van der Waals surface area (Å²) in [7, 11) is 5.83. The highest BCUT2D eigenvalue weighted by atomic mass is 35.5. The molecule has 2 aromatic carbocycles. The molecular formula is C54H68Cl2N8O12. The minimum absolute atomic E-state index is 0.0942. The number of benzene rings is 2. The number of likely N-dealkylation sites (tertiary alicyclic amines) is 2. The molecule has 0 radical (unpaired) electrons. The van der Waals surface area contributed by atoms with Gasteiger partial charge in [0.1, 0.15) is 50.6 Å². The predicted molar refractivity (Wildman–Crippen MR) is 283 cm³/mol. The number of likely N-dealkylation sites (N-methyl/N-ethyl adjacent to an activating group) is 2. The lowest BCUT2D eigenvalue weighted by Gasteiger charge is -2.32. The van der Waals surface area contributed by atoms with Crippen molar-refractivity contribution in [2.75, 3.05) is 67.8 Å². The number of nitrogens with one attached hydrogen (secondary N) is 4. The van der Waals surface area contributed by atoms with Crippen molar-refractivity contribution < 1.29 is 57.2 Å². The molecule has 410 valence electrons. The Morgan fingerprint density at radius 3 is 1.42 bits per heavy atom. The zero-order chi connectivity index (χ0) is 55.2. The van der Waals surface area contributed by atoms with Crippen LogP contribution in [0.2, 0.25) is 10.0 Å². The van der Waals surface area contributed by atoms with Gasteiger partial charge in [0.2, 0.25) is 35.4 Å². The third kappa shape index (κ3) is 14.4. The summed E-state index contributed by atoms with van der Waals surface area (Å²) < 4.78 is 34.5. The smallest absolute Gasteiger partial charge is 0.337 e. The summed E-state index contributed by atoms with van der Waals surface area (Å²) in [5, 5.41) is 12.5. The number of rotatable bonds is 22. The molecule has 4 amide bonds. The van der Waals surface area contributed by atoms with Gasteiger partial charge in [-0.1, -0.05) is 59.3 Å². The highest BCUT2D eigenvalue weighted by Gasteiger charge is 2.51. The zero-order valence-electron chi connectivity index (χ0n) is 44.2. The normalized spacial score (nSPS) is 23.1. The van der Waals surface area contributed by atoms with Crippen LogP contribution in [0, 0.1) is 23.7 Å². The molecule has 4 aliphatic heterocycles. The molecule has 0 aliphatic carbocycles. The van der Waals surface area contributed by atoms with E-state index in [9.17, 15) is 28.8 Å². The fraction of sp³-hybridized carbons (Fsp3) is 0.556. The highest BCUT2D eigenvalue weighted by Crippen LogP contribution is 2.33. The first-order valence-corrected chi connectivity index (χ1v) is 26.0. The molecule has 0 aromatic heterocycles. The number of nitrogens with zero attached hydrogens (tertiary/aromatic N) is 4. The zero-order valence-corrected chi connectivity index (χ0v) is 45.7. The number of carbonyl (C=O) groups excluding carboxylic acids is 6. The lowest BCUT2D eigenvalue weighted by atomic mass is 9.92. The van der Waals surface area contributed by atoms with Crippen molar-refractivity contribution in [3.05, 3.63) is 69.7 Å². The number of methoxy groups -OCH3 is 2. The minimum atomic E-state index is -1.39. The van der Waals surface area contributed by atoms with E-state index in [-0.39, 0.29) is 51.1 Å². The summed E-state index contributed by atoms with van der Waals surface area (Å²) >= 11 is 12.5. The standard InChI is InChI=1S/C54H68Cl2N8O12/c1-33(57-5)45(65)59-43(49(67)63-23-15-21-41(63)47-61-53(31-75-47,51(69)71-7)29-37-17-13-19-39(55)27-37)35(3)73-25-11-9-10-12-26-74-36(4)44(60-46(66)34(2)58-6)50(68)64-24-16-22-42(64)48-62-54(32-76-48,52(70)72-8)30-38-18-14-20-40(56)28-38/h13-14,17-20,27-28,33-36,41-44,57-58H,15-16,21-26,29-32H2,1-8H3,(H,59,65)(H,60,66)/t33-,34-,35-,36-,41-,42-,43-,44-,53+,54+/m0/s1. The van der Waals surface area contributed by atoms with E-state index >= 15 is 0 Å². The fourth-order valence-corrected chi connectivity index (χ4v) is 9.80. The number of esters is 2. The summed E-state index contributed by atoms with van der Waals surface area (Å²) in [4.78, 5) is 94.6. The lowest BCUT2D eigenvalue weighted by Crippen LogP contribution is -2.58. The Bertz CT molecular complexity index is 2470. The molecule has 22 heteroatoms. The van der Waals surface area contributed by atoms with Crippen LogP contribution in [0.5, 0.6) is 0 Å². The SMILES string of the molecule is CN[C@@H](C)C(=O)N[C@H](C(=O)N1CCC[C@H]1C1=N[C@@](Cc2cccc(Cl)c2)(C(=O)OC)CO1)[C@H](C)OCC#CC#CCO[C@@H](C)[C@H](NC(=O)[C@H](C)NC)C(=O)N1CCC[C@H]1C1=N[C@@](Cc2cccc(Cl)c2)(C(=O)OC)CO1. The summed E-state index contributed by atoms with van der Waals surface area (Å²) in [5.41, 5.74) is -1.27. The van der Waals surface area contributed by atoms with Crippen LogP contribution in [0.25, 0.3) is 0 Å². The van der Waals surface area contributed by atoms with Crippen molar-refractivity contribution in [2.24, 2.45) is 9.98 Å². The highest BCUT2D eigenvalue weighted by molar-refractivity contribution is 6.31. The van der Waals surface area contributed by atoms with Gasteiger partial charge < -0.3 is 59.5 Å². The Hall–Kier alpha value is -6.26. The van der Waals surface area contributed by atoms with Gasteiger partial charge in [-0.25, -0.2) is 19.6 Å². The molecule has 2 aromatic rings. The summed E-state index contributed by atoms with van der Waals surface area (Å²) in [6.07, 6.45) is 0.849.